The zero-order valence-corrected chi connectivity index (χ0v) is 18.4. The number of fused-ring (bicyclic) bond motifs is 2. The molecule has 162 valence electrons. The number of thiophene rings is 1. The van der Waals surface area contributed by atoms with Gasteiger partial charge < -0.3 is 23.9 Å². The molecule has 0 bridgehead atoms. The number of aromatic amines is 1. The van der Waals surface area contributed by atoms with Gasteiger partial charge in [0, 0.05) is 7.11 Å². The molecule has 8 nitrogen and oxygen atoms in total. The number of H-pyrrole nitrogens is 1. The van der Waals surface area contributed by atoms with Gasteiger partial charge in [0.25, 0.3) is 5.56 Å². The molecule has 10 heteroatoms. The zero-order valence-electron chi connectivity index (χ0n) is 16.8. The molecule has 1 aliphatic rings. The summed E-state index contributed by atoms with van der Waals surface area (Å²) in [7, 11) is 1.52. The first-order chi connectivity index (χ1) is 15.0. The predicted octanol–water partition coefficient (Wildman–Crippen LogP) is 3.60. The van der Waals surface area contributed by atoms with Crippen LogP contribution in [0.3, 0.4) is 0 Å². The SMILES string of the molecule is COCCOC(=O)c1sc2nc(C(Cl)=Cc3ccc4c(c3)OCCO4)[nH]c(=O)c2c1C. The lowest BCUT2D eigenvalue weighted by Crippen LogP contribution is -2.15. The van der Waals surface area contributed by atoms with Crippen LogP contribution in [-0.4, -0.2) is 49.5 Å². The molecule has 2 aromatic heterocycles. The smallest absolute Gasteiger partial charge is 0.348 e. The van der Waals surface area contributed by atoms with E-state index in [2.05, 4.69) is 9.97 Å². The van der Waals surface area contributed by atoms with Crippen molar-refractivity contribution >= 4 is 50.2 Å². The summed E-state index contributed by atoms with van der Waals surface area (Å²) in [5, 5.41) is 0.585. The van der Waals surface area contributed by atoms with E-state index < -0.39 is 5.97 Å². The van der Waals surface area contributed by atoms with Crippen LogP contribution in [-0.2, 0) is 9.47 Å². The largest absolute Gasteiger partial charge is 0.486 e. The third-order valence-corrected chi connectivity index (χ3v) is 6.05. The van der Waals surface area contributed by atoms with Crippen LogP contribution in [0.25, 0.3) is 21.3 Å². The van der Waals surface area contributed by atoms with Crippen LogP contribution in [0.5, 0.6) is 11.5 Å². The van der Waals surface area contributed by atoms with Gasteiger partial charge in [-0.1, -0.05) is 17.7 Å². The second-order valence-corrected chi connectivity index (χ2v) is 8.08. The fraction of sp³-hybridized carbons (Fsp3) is 0.286. The monoisotopic (exact) mass is 462 g/mol. The van der Waals surface area contributed by atoms with E-state index in [1.165, 1.54) is 7.11 Å². The number of hydrogen-bond donors (Lipinski definition) is 1. The Bertz CT molecular complexity index is 1230. The summed E-state index contributed by atoms with van der Waals surface area (Å²) in [6.45, 7) is 3.10. The number of carbonyl (C=O) groups is 1. The molecule has 0 fully saturated rings. The van der Waals surface area contributed by atoms with Crippen molar-refractivity contribution in [1.82, 2.24) is 9.97 Å². The van der Waals surface area contributed by atoms with Gasteiger partial charge in [-0.15, -0.1) is 11.3 Å². The minimum atomic E-state index is -0.517. The number of benzene rings is 1. The fourth-order valence-corrected chi connectivity index (χ4v) is 4.39. The highest BCUT2D eigenvalue weighted by atomic mass is 35.5. The number of nitrogens with one attached hydrogen (secondary N) is 1. The topological polar surface area (TPSA) is 99.7 Å². The van der Waals surface area contributed by atoms with Gasteiger partial charge in [-0.25, -0.2) is 9.78 Å². The lowest BCUT2D eigenvalue weighted by Gasteiger charge is -2.18. The van der Waals surface area contributed by atoms with Crippen molar-refractivity contribution in [2.45, 2.75) is 6.92 Å². The van der Waals surface area contributed by atoms with Gasteiger partial charge in [0.15, 0.2) is 17.3 Å². The van der Waals surface area contributed by atoms with Gasteiger partial charge >= 0.3 is 5.97 Å². The van der Waals surface area contributed by atoms with Crippen molar-refractivity contribution in [3.05, 3.63) is 50.4 Å². The Hall–Kier alpha value is -2.88. The number of ether oxygens (including phenoxy) is 4. The normalized spacial score (nSPS) is 13.5. The lowest BCUT2D eigenvalue weighted by atomic mass is 10.1. The number of nitrogens with zero attached hydrogens (tertiary/aromatic N) is 1. The summed E-state index contributed by atoms with van der Waals surface area (Å²) in [4.78, 5) is 32.9. The summed E-state index contributed by atoms with van der Waals surface area (Å²) in [5.74, 6) is 0.990. The van der Waals surface area contributed by atoms with Crippen LogP contribution in [0, 0.1) is 6.92 Å². The Morgan fingerprint density at radius 1 is 1.29 bits per heavy atom. The Labute approximate surface area is 186 Å². The van der Waals surface area contributed by atoms with Gasteiger partial charge in [0.2, 0.25) is 0 Å². The molecule has 0 radical (unpaired) electrons. The number of esters is 1. The summed E-state index contributed by atoms with van der Waals surface area (Å²) in [5.41, 5.74) is 0.912. The Morgan fingerprint density at radius 2 is 2.06 bits per heavy atom. The van der Waals surface area contributed by atoms with E-state index in [0.29, 0.717) is 52.0 Å². The summed E-state index contributed by atoms with van der Waals surface area (Å²) >= 11 is 7.54. The highest BCUT2D eigenvalue weighted by Crippen LogP contribution is 2.33. The van der Waals surface area contributed by atoms with E-state index in [1.54, 1.807) is 25.1 Å². The van der Waals surface area contributed by atoms with Crippen molar-refractivity contribution in [3.63, 3.8) is 0 Å². The Morgan fingerprint density at radius 3 is 2.84 bits per heavy atom. The Kier molecular flexibility index (Phi) is 6.26. The number of halogens is 1. The standard InChI is InChI=1S/C21H19ClN2O6S/c1-11-16-19(25)23-18(24-20(16)31-17(11)21(26)30-6-5-27-2)13(22)9-12-3-4-14-15(10-12)29-8-7-28-14/h3-4,9-10H,5-8H2,1-2H3,(H,23,24,25). The van der Waals surface area contributed by atoms with Gasteiger partial charge in [0.05, 0.1) is 17.0 Å². The molecule has 3 heterocycles. The quantitative estimate of drug-likeness (QED) is 0.441. The van der Waals surface area contributed by atoms with Crippen LogP contribution >= 0.6 is 22.9 Å². The predicted molar refractivity (Wildman–Crippen MR) is 118 cm³/mol. The van der Waals surface area contributed by atoms with E-state index in [4.69, 9.17) is 30.5 Å². The third-order valence-electron chi connectivity index (χ3n) is 4.59. The van der Waals surface area contributed by atoms with Gasteiger partial charge in [-0.3, -0.25) is 4.79 Å². The zero-order chi connectivity index (χ0) is 22.0. The maximum atomic E-state index is 12.7. The second-order valence-electron chi connectivity index (χ2n) is 6.67. The average Bonchev–Trinajstić information content (AvgIpc) is 3.10. The third kappa shape index (κ3) is 4.43. The van der Waals surface area contributed by atoms with Crippen molar-refractivity contribution in [1.29, 1.82) is 0 Å². The van der Waals surface area contributed by atoms with Gasteiger partial charge in [-0.05, 0) is 36.3 Å². The van der Waals surface area contributed by atoms with Crippen molar-refractivity contribution in [2.24, 2.45) is 0 Å². The van der Waals surface area contributed by atoms with E-state index >= 15 is 0 Å². The van der Waals surface area contributed by atoms with E-state index in [9.17, 15) is 9.59 Å². The van der Waals surface area contributed by atoms with Crippen molar-refractivity contribution in [2.75, 3.05) is 33.5 Å². The molecule has 31 heavy (non-hydrogen) atoms. The molecule has 0 spiro atoms. The number of hydrogen-bond acceptors (Lipinski definition) is 8. The molecule has 4 rings (SSSR count). The molecule has 0 atom stereocenters. The number of rotatable bonds is 6. The Balaban J connectivity index is 1.66. The van der Waals surface area contributed by atoms with Crippen LogP contribution in [0.2, 0.25) is 0 Å². The molecular formula is C21H19ClN2O6S. The fourth-order valence-electron chi connectivity index (χ4n) is 3.10. The first-order valence-corrected chi connectivity index (χ1v) is 10.6. The van der Waals surface area contributed by atoms with Crippen molar-refractivity contribution < 1.29 is 23.7 Å². The maximum Gasteiger partial charge on any atom is 0.348 e. The van der Waals surface area contributed by atoms with Gasteiger partial charge in [-0.2, -0.15) is 0 Å². The first kappa shape index (κ1) is 21.4. The van der Waals surface area contributed by atoms with E-state index in [-0.39, 0.29) is 23.0 Å². The number of carbonyl (C=O) groups excluding carboxylic acids is 1. The van der Waals surface area contributed by atoms with Gasteiger partial charge in [0.1, 0.15) is 29.5 Å². The van der Waals surface area contributed by atoms with E-state index in [1.807, 2.05) is 6.07 Å². The van der Waals surface area contributed by atoms with Crippen LogP contribution in [0.4, 0.5) is 0 Å². The summed E-state index contributed by atoms with van der Waals surface area (Å²) in [6.07, 6.45) is 1.67. The van der Waals surface area contributed by atoms with Crippen molar-refractivity contribution in [3.8, 4) is 11.5 Å². The molecular weight excluding hydrogens is 444 g/mol. The molecule has 1 N–H and O–H groups in total. The molecule has 3 aromatic rings. The van der Waals surface area contributed by atoms with E-state index in [0.717, 1.165) is 16.9 Å². The number of aromatic nitrogens is 2. The second kappa shape index (κ2) is 9.09. The number of methoxy groups -OCH3 is 1. The molecule has 0 saturated carbocycles. The maximum absolute atomic E-state index is 12.7. The first-order valence-electron chi connectivity index (χ1n) is 9.44. The lowest BCUT2D eigenvalue weighted by molar-refractivity contribution is 0.0393. The highest BCUT2D eigenvalue weighted by Gasteiger charge is 2.21. The highest BCUT2D eigenvalue weighted by molar-refractivity contribution is 7.20. The molecule has 0 amide bonds. The molecule has 0 unspecified atom stereocenters. The average molecular weight is 463 g/mol. The molecule has 0 saturated heterocycles. The van der Waals surface area contributed by atoms with Crippen LogP contribution in [0.1, 0.15) is 26.6 Å². The van der Waals surface area contributed by atoms with Crippen LogP contribution < -0.4 is 15.0 Å². The minimum Gasteiger partial charge on any atom is -0.486 e. The molecule has 0 aliphatic carbocycles. The minimum absolute atomic E-state index is 0.127. The molecule has 1 aliphatic heterocycles. The summed E-state index contributed by atoms with van der Waals surface area (Å²) < 4.78 is 21.1. The number of aryl methyl sites for hydroxylation is 1. The summed E-state index contributed by atoms with van der Waals surface area (Å²) in [6, 6.07) is 5.43. The molecule has 1 aromatic carbocycles. The van der Waals surface area contributed by atoms with Crippen LogP contribution in [0.15, 0.2) is 23.0 Å².